The van der Waals surface area contributed by atoms with Gasteiger partial charge in [-0.15, -0.1) is 0 Å². The van der Waals surface area contributed by atoms with Gasteiger partial charge in [-0.2, -0.15) is 0 Å². The summed E-state index contributed by atoms with van der Waals surface area (Å²) >= 11 is 6.10. The smallest absolute Gasteiger partial charge is 0.262 e. The van der Waals surface area contributed by atoms with Crippen molar-refractivity contribution < 1.29 is 13.2 Å². The van der Waals surface area contributed by atoms with Crippen molar-refractivity contribution in [3.05, 3.63) is 98.9 Å². The lowest BCUT2D eigenvalue weighted by atomic mass is 9.83. The van der Waals surface area contributed by atoms with Crippen molar-refractivity contribution in [3.8, 4) is 0 Å². The van der Waals surface area contributed by atoms with Gasteiger partial charge < -0.3 is 14.8 Å². The van der Waals surface area contributed by atoms with Crippen LogP contribution in [0, 0.1) is 5.92 Å². The summed E-state index contributed by atoms with van der Waals surface area (Å²) in [7, 11) is -3.99. The van der Waals surface area contributed by atoms with Gasteiger partial charge in [-0.25, -0.2) is 8.42 Å². The van der Waals surface area contributed by atoms with Gasteiger partial charge in [-0.05, 0) is 86.9 Å². The molecule has 8 nitrogen and oxygen atoms in total. The third-order valence-electron chi connectivity index (χ3n) is 8.55. The minimum atomic E-state index is -3.99. The summed E-state index contributed by atoms with van der Waals surface area (Å²) < 4.78 is 31.6. The average Bonchev–Trinajstić information content (AvgIpc) is 2.98. The van der Waals surface area contributed by atoms with E-state index in [9.17, 15) is 18.0 Å². The molecule has 0 radical (unpaired) electrons. The number of pyridine rings is 1. The van der Waals surface area contributed by atoms with Crippen molar-refractivity contribution >= 4 is 38.9 Å². The predicted octanol–water partition coefficient (Wildman–Crippen LogP) is 5.55. The molecular formula is C32H35ClN4O4S. The number of benzene rings is 2. The number of piperidine rings is 1. The Labute approximate surface area is 251 Å². The first-order chi connectivity index (χ1) is 20.3. The van der Waals surface area contributed by atoms with Crippen LogP contribution in [-0.2, 0) is 16.6 Å². The number of sulfonamides is 1. The molecule has 42 heavy (non-hydrogen) atoms. The Morgan fingerprint density at radius 3 is 2.67 bits per heavy atom. The molecule has 3 aromatic rings. The van der Waals surface area contributed by atoms with Gasteiger partial charge in [0, 0.05) is 54.4 Å². The number of nitrogens with zero attached hydrogens (tertiary/aromatic N) is 2. The van der Waals surface area contributed by atoms with Crippen LogP contribution < -0.4 is 20.5 Å². The summed E-state index contributed by atoms with van der Waals surface area (Å²) in [6, 6.07) is 16.7. The zero-order valence-electron chi connectivity index (χ0n) is 23.4. The highest BCUT2D eigenvalue weighted by Crippen LogP contribution is 2.40. The maximum atomic E-state index is 13.5. The van der Waals surface area contributed by atoms with Gasteiger partial charge in [-0.1, -0.05) is 35.4 Å². The van der Waals surface area contributed by atoms with Gasteiger partial charge >= 0.3 is 0 Å². The first-order valence-corrected chi connectivity index (χ1v) is 16.5. The maximum Gasteiger partial charge on any atom is 0.262 e. The Morgan fingerprint density at radius 2 is 1.86 bits per heavy atom. The lowest BCUT2D eigenvalue weighted by Gasteiger charge is -2.44. The van der Waals surface area contributed by atoms with Crippen LogP contribution in [-0.4, -0.2) is 38.5 Å². The molecule has 1 aliphatic carbocycles. The van der Waals surface area contributed by atoms with Crippen molar-refractivity contribution in [2.75, 3.05) is 29.3 Å². The summed E-state index contributed by atoms with van der Waals surface area (Å²) in [4.78, 5) is 27.9. The second kappa shape index (κ2) is 12.0. The summed E-state index contributed by atoms with van der Waals surface area (Å²) in [6.07, 6.45) is 8.66. The molecule has 2 N–H and O–H groups in total. The van der Waals surface area contributed by atoms with Crippen molar-refractivity contribution in [3.63, 3.8) is 0 Å². The van der Waals surface area contributed by atoms with Crippen LogP contribution in [0.2, 0.25) is 5.02 Å². The minimum absolute atomic E-state index is 0.0146. The first-order valence-electron chi connectivity index (χ1n) is 14.6. The quantitative estimate of drug-likeness (QED) is 0.328. The number of rotatable bonds is 8. The summed E-state index contributed by atoms with van der Waals surface area (Å²) in [6.45, 7) is 2.46. The van der Waals surface area contributed by atoms with E-state index in [4.69, 9.17) is 11.6 Å². The minimum Gasteiger partial charge on any atom is -0.369 e. The van der Waals surface area contributed by atoms with Gasteiger partial charge in [0.05, 0.1) is 16.3 Å². The molecule has 3 heterocycles. The van der Waals surface area contributed by atoms with Crippen LogP contribution >= 0.6 is 11.6 Å². The van der Waals surface area contributed by atoms with Gasteiger partial charge in [-0.3, -0.25) is 14.3 Å². The molecular weight excluding hydrogens is 572 g/mol. The van der Waals surface area contributed by atoms with Crippen molar-refractivity contribution in [2.45, 2.75) is 55.9 Å². The topological polar surface area (TPSA) is 101 Å². The molecule has 220 valence electrons. The highest BCUT2D eigenvalue weighted by Gasteiger charge is 2.35. The first kappa shape index (κ1) is 28.6. The number of fused-ring (bicyclic) bond motifs is 4. The maximum absolute atomic E-state index is 13.5. The van der Waals surface area contributed by atoms with E-state index in [0.717, 1.165) is 31.4 Å². The lowest BCUT2D eigenvalue weighted by molar-refractivity contribution is 0.0954. The average molecular weight is 607 g/mol. The fourth-order valence-corrected chi connectivity index (χ4v) is 7.90. The van der Waals surface area contributed by atoms with E-state index in [1.165, 1.54) is 30.5 Å². The number of halogens is 1. The molecule has 6 rings (SSSR count). The molecule has 1 saturated heterocycles. The Morgan fingerprint density at radius 1 is 1.00 bits per heavy atom. The molecule has 3 aliphatic rings. The molecule has 1 fully saturated rings. The fraction of sp³-hybridized carbons (Fsp3) is 0.375. The van der Waals surface area contributed by atoms with Crippen LogP contribution in [0.4, 0.5) is 11.4 Å². The Balaban J connectivity index is 1.29. The Hall–Kier alpha value is -3.56. The monoisotopic (exact) mass is 606 g/mol. The van der Waals surface area contributed by atoms with E-state index in [2.05, 4.69) is 21.0 Å². The molecule has 1 amide bonds. The van der Waals surface area contributed by atoms with E-state index in [-0.39, 0.29) is 28.2 Å². The third-order valence-corrected chi connectivity index (χ3v) is 10.1. The molecule has 0 spiro atoms. The number of hydrogen-bond acceptors (Lipinski definition) is 5. The van der Waals surface area contributed by atoms with Crippen molar-refractivity contribution in [2.24, 2.45) is 5.92 Å². The van der Waals surface area contributed by atoms with Crippen molar-refractivity contribution in [1.29, 1.82) is 0 Å². The van der Waals surface area contributed by atoms with E-state index in [1.807, 2.05) is 16.7 Å². The summed E-state index contributed by atoms with van der Waals surface area (Å²) in [5.41, 5.74) is 3.82. The van der Waals surface area contributed by atoms with Crippen LogP contribution in [0.15, 0.2) is 82.0 Å². The standard InChI is InChI=1S/C32H35ClN4O4S/c33-26-8-4-9-27(18-26)42(40,41)35-28-17-24(32(39)34-15-14-22-6-2-1-3-7-22)12-13-30(28)36-19-23-16-25(21-36)29-10-5-11-31(38)37(29)20-23/h4-6,8-13,17-18,23,25,35H,1-3,7,14-16,19-21H2,(H,34,39). The number of anilines is 2. The molecule has 2 aromatic carbocycles. The molecule has 0 saturated carbocycles. The zero-order chi connectivity index (χ0) is 29.3. The van der Waals surface area contributed by atoms with Crippen molar-refractivity contribution in [1.82, 2.24) is 9.88 Å². The van der Waals surface area contributed by atoms with Crippen LogP contribution in [0.5, 0.6) is 0 Å². The predicted molar refractivity (Wildman–Crippen MR) is 166 cm³/mol. The van der Waals surface area contributed by atoms with Gasteiger partial charge in [0.1, 0.15) is 0 Å². The second-order valence-electron chi connectivity index (χ2n) is 11.5. The SMILES string of the molecule is O=C(NCCC1=CCCCC1)c1ccc(N2CC3CC(C2)c2cccc(=O)n2C3)c(NS(=O)(=O)c2cccc(Cl)c2)c1. The number of carbonyl (C=O) groups excluding carboxylic acids is 1. The van der Waals surface area contributed by atoms with E-state index in [1.54, 1.807) is 36.4 Å². The van der Waals surface area contributed by atoms with Crippen LogP contribution in [0.25, 0.3) is 0 Å². The van der Waals surface area contributed by atoms with Gasteiger partial charge in [0.15, 0.2) is 0 Å². The molecule has 2 unspecified atom stereocenters. The number of carbonyl (C=O) groups is 1. The highest BCUT2D eigenvalue weighted by molar-refractivity contribution is 7.92. The second-order valence-corrected chi connectivity index (χ2v) is 13.6. The van der Waals surface area contributed by atoms with Crippen LogP contribution in [0.3, 0.4) is 0 Å². The number of nitrogens with one attached hydrogen (secondary N) is 2. The van der Waals surface area contributed by atoms with Crippen LogP contribution in [0.1, 0.15) is 60.5 Å². The molecule has 2 aliphatic heterocycles. The third kappa shape index (κ3) is 6.13. The number of amides is 1. The summed E-state index contributed by atoms with van der Waals surface area (Å²) in [5.74, 6) is 0.136. The summed E-state index contributed by atoms with van der Waals surface area (Å²) in [5, 5.41) is 3.32. The zero-order valence-corrected chi connectivity index (χ0v) is 25.0. The van der Waals surface area contributed by atoms with E-state index < -0.39 is 10.0 Å². The van der Waals surface area contributed by atoms with E-state index >= 15 is 0 Å². The number of hydrogen-bond donors (Lipinski definition) is 2. The number of aromatic nitrogens is 1. The highest BCUT2D eigenvalue weighted by atomic mass is 35.5. The normalized spacial score (nSPS) is 19.9. The number of allylic oxidation sites excluding steroid dienone is 1. The lowest BCUT2D eigenvalue weighted by Crippen LogP contribution is -2.47. The van der Waals surface area contributed by atoms with E-state index in [0.29, 0.717) is 48.1 Å². The Kier molecular flexibility index (Phi) is 8.14. The molecule has 2 atom stereocenters. The van der Waals surface area contributed by atoms with Gasteiger partial charge in [0.2, 0.25) is 0 Å². The van der Waals surface area contributed by atoms with Gasteiger partial charge in [0.25, 0.3) is 21.5 Å². The Bertz CT molecular complexity index is 1700. The fourth-order valence-electron chi connectivity index (χ4n) is 6.54. The molecule has 2 bridgehead atoms. The largest absolute Gasteiger partial charge is 0.369 e. The molecule has 1 aromatic heterocycles. The molecule has 10 heteroatoms.